The molecule has 2 nitrogen and oxygen atoms in total. The summed E-state index contributed by atoms with van der Waals surface area (Å²) in [5.74, 6) is 0. The van der Waals surface area contributed by atoms with Crippen LogP contribution in [-0.4, -0.2) is 22.4 Å². The Hall–Kier alpha value is -0.570. The molecule has 3 heteroatoms. The van der Waals surface area contributed by atoms with Crippen LogP contribution in [0.5, 0.6) is 0 Å². The number of hydrogen-bond donors (Lipinski definition) is 2. The van der Waals surface area contributed by atoms with Gasteiger partial charge in [0.1, 0.15) is 0 Å². The van der Waals surface area contributed by atoms with Crippen molar-refractivity contribution in [2.24, 2.45) is 5.41 Å². The third-order valence-electron chi connectivity index (χ3n) is 2.61. The number of halogens is 1. The van der Waals surface area contributed by atoms with Gasteiger partial charge in [-0.15, -0.1) is 0 Å². The van der Waals surface area contributed by atoms with Gasteiger partial charge in [0, 0.05) is 11.4 Å². The molecule has 0 aromatic heterocycles. The van der Waals surface area contributed by atoms with Crippen LogP contribution in [0.15, 0.2) is 24.3 Å². The Morgan fingerprint density at radius 3 is 2.06 bits per heavy atom. The summed E-state index contributed by atoms with van der Waals surface area (Å²) < 4.78 is 0. The number of rotatable bonds is 3. The fraction of sp³-hybridized carbons (Fsp3) is 0.538. The van der Waals surface area contributed by atoms with Gasteiger partial charge in [0.05, 0.1) is 12.2 Å². The van der Waals surface area contributed by atoms with Gasteiger partial charge in [0.15, 0.2) is 0 Å². The van der Waals surface area contributed by atoms with E-state index in [4.69, 9.17) is 11.6 Å². The van der Waals surface area contributed by atoms with Gasteiger partial charge >= 0.3 is 0 Å². The first-order chi connectivity index (χ1) is 7.30. The average Bonchev–Trinajstić information content (AvgIpc) is 2.19. The van der Waals surface area contributed by atoms with Crippen molar-refractivity contribution >= 4 is 11.6 Å². The SMILES string of the molecule is CC(C)(C)C(O)C(O)Cc1ccc(Cl)cc1. The van der Waals surface area contributed by atoms with Crippen molar-refractivity contribution in [3.05, 3.63) is 34.9 Å². The molecule has 1 rings (SSSR count). The van der Waals surface area contributed by atoms with E-state index in [1.165, 1.54) is 0 Å². The predicted molar refractivity (Wildman–Crippen MR) is 66.6 cm³/mol. The molecule has 2 unspecified atom stereocenters. The van der Waals surface area contributed by atoms with Crippen molar-refractivity contribution in [2.75, 3.05) is 0 Å². The maximum atomic E-state index is 9.89. The summed E-state index contributed by atoms with van der Waals surface area (Å²) in [6.07, 6.45) is -1.04. The Kier molecular flexibility index (Phi) is 4.36. The first kappa shape index (κ1) is 13.5. The van der Waals surface area contributed by atoms with E-state index < -0.39 is 12.2 Å². The summed E-state index contributed by atoms with van der Waals surface area (Å²) in [6.45, 7) is 5.72. The van der Waals surface area contributed by atoms with Crippen molar-refractivity contribution in [3.63, 3.8) is 0 Å². The highest BCUT2D eigenvalue weighted by Crippen LogP contribution is 2.23. The largest absolute Gasteiger partial charge is 0.390 e. The minimum atomic E-state index is -0.749. The van der Waals surface area contributed by atoms with Crippen molar-refractivity contribution in [3.8, 4) is 0 Å². The highest BCUT2D eigenvalue weighted by molar-refractivity contribution is 6.30. The van der Waals surface area contributed by atoms with Gasteiger partial charge in [-0.25, -0.2) is 0 Å². The lowest BCUT2D eigenvalue weighted by molar-refractivity contribution is -0.0434. The van der Waals surface area contributed by atoms with Crippen LogP contribution < -0.4 is 0 Å². The van der Waals surface area contributed by atoms with Gasteiger partial charge < -0.3 is 10.2 Å². The van der Waals surface area contributed by atoms with Crippen LogP contribution in [-0.2, 0) is 6.42 Å². The molecule has 0 aliphatic heterocycles. The topological polar surface area (TPSA) is 40.5 Å². The molecule has 0 saturated heterocycles. The molecule has 0 bridgehead atoms. The molecule has 0 radical (unpaired) electrons. The Bertz CT molecular complexity index is 327. The molecule has 2 N–H and O–H groups in total. The summed E-state index contributed by atoms with van der Waals surface area (Å²) in [5, 5.41) is 20.5. The number of hydrogen-bond acceptors (Lipinski definition) is 2. The fourth-order valence-corrected chi connectivity index (χ4v) is 1.68. The minimum Gasteiger partial charge on any atom is -0.390 e. The second-order valence-electron chi connectivity index (χ2n) is 5.21. The lowest BCUT2D eigenvalue weighted by Gasteiger charge is -2.30. The van der Waals surface area contributed by atoms with Gasteiger partial charge in [0.2, 0.25) is 0 Å². The van der Waals surface area contributed by atoms with E-state index in [1.807, 2.05) is 32.9 Å². The van der Waals surface area contributed by atoms with Crippen molar-refractivity contribution in [1.29, 1.82) is 0 Å². The van der Waals surface area contributed by atoms with Crippen LogP contribution in [0.1, 0.15) is 26.3 Å². The molecule has 0 spiro atoms. The van der Waals surface area contributed by atoms with E-state index in [0.29, 0.717) is 11.4 Å². The van der Waals surface area contributed by atoms with Crippen LogP contribution in [0.3, 0.4) is 0 Å². The Morgan fingerprint density at radius 2 is 1.62 bits per heavy atom. The van der Waals surface area contributed by atoms with E-state index in [0.717, 1.165) is 5.56 Å². The van der Waals surface area contributed by atoms with Crippen LogP contribution in [0.25, 0.3) is 0 Å². The predicted octanol–water partition coefficient (Wildman–Crippen LogP) is 2.65. The summed E-state index contributed by atoms with van der Waals surface area (Å²) in [7, 11) is 0. The Labute approximate surface area is 102 Å². The first-order valence-electron chi connectivity index (χ1n) is 5.41. The maximum absolute atomic E-state index is 9.89. The average molecular weight is 243 g/mol. The Balaban J connectivity index is 2.64. The monoisotopic (exact) mass is 242 g/mol. The number of benzene rings is 1. The van der Waals surface area contributed by atoms with Gasteiger partial charge in [-0.2, -0.15) is 0 Å². The zero-order valence-corrected chi connectivity index (χ0v) is 10.7. The molecular formula is C13H19ClO2. The molecule has 16 heavy (non-hydrogen) atoms. The van der Waals surface area contributed by atoms with E-state index in [-0.39, 0.29) is 5.41 Å². The maximum Gasteiger partial charge on any atom is 0.0850 e. The highest BCUT2D eigenvalue weighted by atomic mass is 35.5. The minimum absolute atomic E-state index is 0.314. The molecule has 1 aromatic carbocycles. The Morgan fingerprint density at radius 1 is 1.12 bits per heavy atom. The number of aliphatic hydroxyl groups excluding tert-OH is 2. The summed E-state index contributed by atoms with van der Waals surface area (Å²) >= 11 is 5.77. The van der Waals surface area contributed by atoms with Crippen LogP contribution in [0, 0.1) is 5.41 Å². The molecule has 0 fully saturated rings. The fourth-order valence-electron chi connectivity index (χ4n) is 1.55. The lowest BCUT2D eigenvalue weighted by atomic mass is 9.84. The molecule has 90 valence electrons. The zero-order chi connectivity index (χ0) is 12.3. The summed E-state index contributed by atoms with van der Waals surface area (Å²) in [5.41, 5.74) is 0.659. The highest BCUT2D eigenvalue weighted by Gasteiger charge is 2.28. The smallest absolute Gasteiger partial charge is 0.0850 e. The van der Waals surface area contributed by atoms with Crippen LogP contribution in [0.2, 0.25) is 5.02 Å². The van der Waals surface area contributed by atoms with Gasteiger partial charge in [-0.05, 0) is 23.1 Å². The zero-order valence-electron chi connectivity index (χ0n) is 9.94. The quantitative estimate of drug-likeness (QED) is 0.856. The molecule has 1 aromatic rings. The van der Waals surface area contributed by atoms with Crippen LogP contribution in [0.4, 0.5) is 0 Å². The van der Waals surface area contributed by atoms with Crippen molar-refractivity contribution in [2.45, 2.75) is 39.4 Å². The first-order valence-corrected chi connectivity index (χ1v) is 5.79. The summed E-state index contributed by atoms with van der Waals surface area (Å²) in [4.78, 5) is 0. The van der Waals surface area contributed by atoms with Gasteiger partial charge in [-0.1, -0.05) is 44.5 Å². The summed E-state index contributed by atoms with van der Waals surface area (Å²) in [6, 6.07) is 7.29. The second kappa shape index (κ2) is 5.17. The molecule has 0 aliphatic carbocycles. The third kappa shape index (κ3) is 3.78. The molecular weight excluding hydrogens is 224 g/mol. The van der Waals surface area contributed by atoms with Crippen LogP contribution >= 0.6 is 11.6 Å². The molecule has 2 atom stereocenters. The normalized spacial score (nSPS) is 15.9. The molecule has 0 saturated carbocycles. The third-order valence-corrected chi connectivity index (χ3v) is 2.86. The van der Waals surface area contributed by atoms with E-state index in [9.17, 15) is 10.2 Å². The van der Waals surface area contributed by atoms with Crippen molar-refractivity contribution in [1.82, 2.24) is 0 Å². The standard InChI is InChI=1S/C13H19ClO2/c1-13(2,3)12(16)11(15)8-9-4-6-10(14)7-5-9/h4-7,11-12,15-16H,8H2,1-3H3. The lowest BCUT2D eigenvalue weighted by Crippen LogP contribution is -2.38. The number of aliphatic hydroxyl groups is 2. The van der Waals surface area contributed by atoms with Gasteiger partial charge in [0.25, 0.3) is 0 Å². The van der Waals surface area contributed by atoms with E-state index in [1.54, 1.807) is 12.1 Å². The molecule has 0 aliphatic rings. The van der Waals surface area contributed by atoms with E-state index in [2.05, 4.69) is 0 Å². The second-order valence-corrected chi connectivity index (χ2v) is 5.65. The molecule has 0 heterocycles. The van der Waals surface area contributed by atoms with Gasteiger partial charge in [-0.3, -0.25) is 0 Å². The molecule has 0 amide bonds. The van der Waals surface area contributed by atoms with Crippen molar-refractivity contribution < 1.29 is 10.2 Å². The van der Waals surface area contributed by atoms with E-state index >= 15 is 0 Å².